The van der Waals surface area contributed by atoms with Gasteiger partial charge in [-0.05, 0) is 6.42 Å². The molecule has 0 aromatic carbocycles. The largest absolute Gasteiger partial charge is 0.372 e. The van der Waals surface area contributed by atoms with Crippen molar-refractivity contribution < 1.29 is 0 Å². The van der Waals surface area contributed by atoms with Crippen molar-refractivity contribution in [1.82, 2.24) is 10.2 Å². The SMILES string of the molecule is CCCC1=CNCN1C. The van der Waals surface area contributed by atoms with E-state index in [0.29, 0.717) is 0 Å². The lowest BCUT2D eigenvalue weighted by molar-refractivity contribution is 0.425. The fourth-order valence-electron chi connectivity index (χ4n) is 1.03. The van der Waals surface area contributed by atoms with Crippen molar-refractivity contribution in [2.75, 3.05) is 13.7 Å². The van der Waals surface area contributed by atoms with Crippen molar-refractivity contribution in [2.45, 2.75) is 19.8 Å². The van der Waals surface area contributed by atoms with E-state index in [9.17, 15) is 0 Å². The molecule has 2 heteroatoms. The standard InChI is InChI=1S/C7H14N2/c1-3-4-7-5-8-6-9(7)2/h5,8H,3-4,6H2,1-2H3. The molecule has 0 atom stereocenters. The zero-order chi connectivity index (χ0) is 6.69. The average molecular weight is 126 g/mol. The van der Waals surface area contributed by atoms with Gasteiger partial charge in [-0.15, -0.1) is 0 Å². The minimum atomic E-state index is 0.981. The second kappa shape index (κ2) is 2.76. The Morgan fingerprint density at radius 1 is 1.78 bits per heavy atom. The van der Waals surface area contributed by atoms with Crippen molar-refractivity contribution >= 4 is 0 Å². The normalized spacial score (nSPS) is 17.6. The first-order valence-corrected chi connectivity index (χ1v) is 3.48. The van der Waals surface area contributed by atoms with Crippen molar-refractivity contribution in [1.29, 1.82) is 0 Å². The molecule has 9 heavy (non-hydrogen) atoms. The van der Waals surface area contributed by atoms with Crippen molar-refractivity contribution in [3.8, 4) is 0 Å². The van der Waals surface area contributed by atoms with Gasteiger partial charge in [-0.3, -0.25) is 0 Å². The lowest BCUT2D eigenvalue weighted by Crippen LogP contribution is -2.18. The molecule has 1 rings (SSSR count). The summed E-state index contributed by atoms with van der Waals surface area (Å²) in [6, 6.07) is 0. The van der Waals surface area contributed by atoms with Crippen molar-refractivity contribution in [3.05, 3.63) is 11.9 Å². The summed E-state index contributed by atoms with van der Waals surface area (Å²) in [5.41, 5.74) is 1.43. The van der Waals surface area contributed by atoms with Gasteiger partial charge in [0.2, 0.25) is 0 Å². The highest BCUT2D eigenvalue weighted by Gasteiger charge is 2.06. The zero-order valence-electron chi connectivity index (χ0n) is 6.15. The Morgan fingerprint density at radius 3 is 3.00 bits per heavy atom. The van der Waals surface area contributed by atoms with Crippen molar-refractivity contribution in [2.24, 2.45) is 0 Å². The van der Waals surface area contributed by atoms with Gasteiger partial charge in [0.1, 0.15) is 0 Å². The quantitative estimate of drug-likeness (QED) is 0.596. The predicted octanol–water partition coefficient (Wildman–Crippen LogP) is 1.12. The van der Waals surface area contributed by atoms with Gasteiger partial charge in [0, 0.05) is 18.9 Å². The van der Waals surface area contributed by atoms with E-state index >= 15 is 0 Å². The van der Waals surface area contributed by atoms with Crippen LogP contribution >= 0.6 is 0 Å². The van der Waals surface area contributed by atoms with E-state index in [-0.39, 0.29) is 0 Å². The highest BCUT2D eigenvalue weighted by Crippen LogP contribution is 2.10. The molecule has 1 heterocycles. The molecule has 1 aliphatic heterocycles. The zero-order valence-corrected chi connectivity index (χ0v) is 6.15. The van der Waals surface area contributed by atoms with E-state index < -0.39 is 0 Å². The maximum Gasteiger partial charge on any atom is 0.0866 e. The molecule has 0 saturated heterocycles. The van der Waals surface area contributed by atoms with E-state index in [0.717, 1.165) is 6.67 Å². The Hall–Kier alpha value is -0.660. The summed E-state index contributed by atoms with van der Waals surface area (Å²) in [4.78, 5) is 2.24. The van der Waals surface area contributed by atoms with Crippen LogP contribution in [0.25, 0.3) is 0 Å². The fourth-order valence-corrected chi connectivity index (χ4v) is 1.03. The second-order valence-corrected chi connectivity index (χ2v) is 2.45. The Balaban J connectivity index is 2.38. The van der Waals surface area contributed by atoms with Crippen LogP contribution < -0.4 is 5.32 Å². The molecule has 0 aromatic heterocycles. The maximum absolute atomic E-state index is 3.17. The van der Waals surface area contributed by atoms with Gasteiger partial charge in [0.05, 0.1) is 6.67 Å². The molecule has 0 radical (unpaired) electrons. The van der Waals surface area contributed by atoms with Crippen LogP contribution in [0.15, 0.2) is 11.9 Å². The molecular weight excluding hydrogens is 112 g/mol. The van der Waals surface area contributed by atoms with Crippen LogP contribution in [0.4, 0.5) is 0 Å². The predicted molar refractivity (Wildman–Crippen MR) is 38.8 cm³/mol. The van der Waals surface area contributed by atoms with Crippen LogP contribution in [0, 0.1) is 0 Å². The van der Waals surface area contributed by atoms with E-state index in [1.165, 1.54) is 18.5 Å². The molecule has 1 N–H and O–H groups in total. The molecule has 2 nitrogen and oxygen atoms in total. The van der Waals surface area contributed by atoms with Gasteiger partial charge in [-0.1, -0.05) is 13.3 Å². The van der Waals surface area contributed by atoms with Crippen molar-refractivity contribution in [3.63, 3.8) is 0 Å². The third-order valence-corrected chi connectivity index (χ3v) is 1.59. The molecule has 52 valence electrons. The monoisotopic (exact) mass is 126 g/mol. The van der Waals surface area contributed by atoms with E-state index in [1.807, 2.05) is 0 Å². The fraction of sp³-hybridized carbons (Fsp3) is 0.714. The lowest BCUT2D eigenvalue weighted by Gasteiger charge is -2.13. The van der Waals surface area contributed by atoms with Crippen LogP contribution in [0.3, 0.4) is 0 Å². The molecule has 0 fully saturated rings. The number of hydrogen-bond donors (Lipinski definition) is 1. The summed E-state index contributed by atoms with van der Waals surface area (Å²) in [7, 11) is 2.11. The third-order valence-electron chi connectivity index (χ3n) is 1.59. The van der Waals surface area contributed by atoms with Crippen LogP contribution in [-0.2, 0) is 0 Å². The summed E-state index contributed by atoms with van der Waals surface area (Å²) < 4.78 is 0. The molecule has 0 aromatic rings. The van der Waals surface area contributed by atoms with Crippen LogP contribution in [0.1, 0.15) is 19.8 Å². The maximum atomic E-state index is 3.17. The molecule has 0 unspecified atom stereocenters. The topological polar surface area (TPSA) is 15.3 Å². The van der Waals surface area contributed by atoms with E-state index in [2.05, 4.69) is 30.4 Å². The summed E-state index contributed by atoms with van der Waals surface area (Å²) in [5, 5.41) is 3.17. The van der Waals surface area contributed by atoms with Crippen LogP contribution in [0.5, 0.6) is 0 Å². The summed E-state index contributed by atoms with van der Waals surface area (Å²) in [6.45, 7) is 3.18. The van der Waals surface area contributed by atoms with E-state index in [1.54, 1.807) is 0 Å². The summed E-state index contributed by atoms with van der Waals surface area (Å²) in [6.07, 6.45) is 4.53. The van der Waals surface area contributed by atoms with E-state index in [4.69, 9.17) is 0 Å². The average Bonchev–Trinajstić information content (AvgIpc) is 2.18. The first-order chi connectivity index (χ1) is 4.34. The molecule has 0 bridgehead atoms. The summed E-state index contributed by atoms with van der Waals surface area (Å²) >= 11 is 0. The Bertz CT molecular complexity index is 118. The van der Waals surface area contributed by atoms with Gasteiger partial charge in [0.25, 0.3) is 0 Å². The van der Waals surface area contributed by atoms with Gasteiger partial charge in [-0.2, -0.15) is 0 Å². The molecule has 0 amide bonds. The minimum absolute atomic E-state index is 0.981. The van der Waals surface area contributed by atoms with Crippen LogP contribution in [0.2, 0.25) is 0 Å². The van der Waals surface area contributed by atoms with Crippen LogP contribution in [-0.4, -0.2) is 18.6 Å². The first kappa shape index (κ1) is 6.46. The third kappa shape index (κ3) is 1.37. The molecule has 0 aliphatic carbocycles. The van der Waals surface area contributed by atoms with Gasteiger partial charge in [0.15, 0.2) is 0 Å². The Kier molecular flexibility index (Phi) is 1.98. The Labute approximate surface area is 56.5 Å². The lowest BCUT2D eigenvalue weighted by atomic mass is 10.3. The second-order valence-electron chi connectivity index (χ2n) is 2.45. The number of hydrogen-bond acceptors (Lipinski definition) is 2. The number of nitrogens with zero attached hydrogens (tertiary/aromatic N) is 1. The van der Waals surface area contributed by atoms with Gasteiger partial charge < -0.3 is 10.2 Å². The summed E-state index contributed by atoms with van der Waals surface area (Å²) in [5.74, 6) is 0. The number of nitrogens with one attached hydrogen (secondary N) is 1. The molecular formula is C7H14N2. The number of rotatable bonds is 2. The number of allylic oxidation sites excluding steroid dienone is 1. The smallest absolute Gasteiger partial charge is 0.0866 e. The Morgan fingerprint density at radius 2 is 2.56 bits per heavy atom. The van der Waals surface area contributed by atoms with Gasteiger partial charge in [-0.25, -0.2) is 0 Å². The molecule has 0 saturated carbocycles. The highest BCUT2D eigenvalue weighted by atomic mass is 15.2. The molecule has 0 spiro atoms. The van der Waals surface area contributed by atoms with Gasteiger partial charge >= 0.3 is 0 Å². The first-order valence-electron chi connectivity index (χ1n) is 3.48. The minimum Gasteiger partial charge on any atom is -0.372 e. The highest BCUT2D eigenvalue weighted by molar-refractivity contribution is 5.03. The molecule has 1 aliphatic rings.